The fourth-order valence-electron chi connectivity index (χ4n) is 2.61. The van der Waals surface area contributed by atoms with E-state index in [1.807, 2.05) is 49.5 Å². The van der Waals surface area contributed by atoms with E-state index in [9.17, 15) is 4.79 Å². The van der Waals surface area contributed by atoms with Gasteiger partial charge in [0.05, 0.1) is 18.3 Å². The number of likely N-dealkylation sites (N-methyl/N-ethyl adjacent to an activating group) is 1. The molecule has 0 fully saturated rings. The van der Waals surface area contributed by atoms with Gasteiger partial charge in [-0.25, -0.2) is 0 Å². The van der Waals surface area contributed by atoms with Gasteiger partial charge in [0.25, 0.3) is 0 Å². The van der Waals surface area contributed by atoms with Crippen molar-refractivity contribution >= 4 is 17.3 Å². The highest BCUT2D eigenvalue weighted by Crippen LogP contribution is 2.25. The molecule has 1 atom stereocenters. The predicted octanol–water partition coefficient (Wildman–Crippen LogP) is 4.05. The number of hydrogen-bond donors (Lipinski definition) is 2. The Morgan fingerprint density at radius 1 is 1.12 bits per heavy atom. The number of pyridine rings is 1. The second-order valence-corrected chi connectivity index (χ2v) is 7.95. The molecule has 1 amide bonds. The van der Waals surface area contributed by atoms with Crippen molar-refractivity contribution in [2.45, 2.75) is 39.2 Å². The van der Waals surface area contributed by atoms with Crippen LogP contribution in [0.3, 0.4) is 0 Å². The molecule has 2 rings (SSSR count). The monoisotopic (exact) mass is 354 g/mol. The van der Waals surface area contributed by atoms with Gasteiger partial charge in [-0.05, 0) is 68.4 Å². The Hall–Kier alpha value is -2.40. The van der Waals surface area contributed by atoms with E-state index in [1.165, 1.54) is 5.56 Å². The highest BCUT2D eigenvalue weighted by molar-refractivity contribution is 5.92. The minimum atomic E-state index is -0.0210. The van der Waals surface area contributed by atoms with Gasteiger partial charge in [0, 0.05) is 17.6 Å². The molecule has 1 heterocycles. The summed E-state index contributed by atoms with van der Waals surface area (Å²) in [5.74, 6) is -0.0210. The van der Waals surface area contributed by atoms with E-state index in [-0.39, 0.29) is 17.4 Å². The van der Waals surface area contributed by atoms with E-state index in [0.29, 0.717) is 6.54 Å². The topological polar surface area (TPSA) is 57.3 Å². The van der Waals surface area contributed by atoms with Gasteiger partial charge < -0.3 is 15.5 Å². The van der Waals surface area contributed by atoms with E-state index in [4.69, 9.17) is 0 Å². The Morgan fingerprint density at radius 2 is 1.73 bits per heavy atom. The molecule has 2 N–H and O–H groups in total. The predicted molar refractivity (Wildman–Crippen MR) is 109 cm³/mol. The van der Waals surface area contributed by atoms with Crippen LogP contribution in [0.2, 0.25) is 0 Å². The summed E-state index contributed by atoms with van der Waals surface area (Å²) in [6, 6.07) is 12.1. The number of nitrogens with zero attached hydrogens (tertiary/aromatic N) is 2. The van der Waals surface area contributed by atoms with Crippen LogP contribution in [0.4, 0.5) is 11.4 Å². The van der Waals surface area contributed by atoms with E-state index in [0.717, 1.165) is 17.1 Å². The fraction of sp³-hybridized carbons (Fsp3) is 0.429. The number of benzene rings is 1. The average Bonchev–Trinajstić information content (AvgIpc) is 2.55. The minimum Gasteiger partial charge on any atom is -0.377 e. The molecule has 0 saturated heterocycles. The lowest BCUT2D eigenvalue weighted by molar-refractivity contribution is -0.116. The van der Waals surface area contributed by atoms with Crippen molar-refractivity contribution in [3.8, 4) is 0 Å². The summed E-state index contributed by atoms with van der Waals surface area (Å²) >= 11 is 0. The second-order valence-electron chi connectivity index (χ2n) is 7.95. The van der Waals surface area contributed by atoms with E-state index in [1.54, 1.807) is 0 Å². The maximum absolute atomic E-state index is 11.8. The van der Waals surface area contributed by atoms with Crippen molar-refractivity contribution in [3.63, 3.8) is 0 Å². The number of nitrogens with one attached hydrogen (secondary N) is 2. The summed E-state index contributed by atoms with van der Waals surface area (Å²) in [6.45, 7) is 9.07. The van der Waals surface area contributed by atoms with Crippen molar-refractivity contribution in [2.24, 2.45) is 0 Å². The fourth-order valence-corrected chi connectivity index (χ4v) is 2.61. The number of carbonyl (C=O) groups excluding carboxylic acids is 1. The highest BCUT2D eigenvalue weighted by Gasteiger charge is 2.16. The smallest absolute Gasteiger partial charge is 0.238 e. The third-order valence-corrected chi connectivity index (χ3v) is 4.10. The quantitative estimate of drug-likeness (QED) is 0.822. The maximum Gasteiger partial charge on any atom is 0.238 e. The number of rotatable bonds is 6. The number of carbonyl (C=O) groups is 1. The maximum atomic E-state index is 11.8. The summed E-state index contributed by atoms with van der Waals surface area (Å²) in [5.41, 5.74) is 4.17. The van der Waals surface area contributed by atoms with Crippen LogP contribution in [0.1, 0.15) is 45.0 Å². The first kappa shape index (κ1) is 19.9. The van der Waals surface area contributed by atoms with Gasteiger partial charge in [0.2, 0.25) is 5.91 Å². The Balaban J connectivity index is 2.01. The van der Waals surface area contributed by atoms with Crippen LogP contribution in [0, 0.1) is 0 Å². The van der Waals surface area contributed by atoms with Crippen LogP contribution in [0.5, 0.6) is 0 Å². The lowest BCUT2D eigenvalue weighted by atomic mass is 9.87. The summed E-state index contributed by atoms with van der Waals surface area (Å²) in [6.07, 6.45) is 1.87. The van der Waals surface area contributed by atoms with Crippen molar-refractivity contribution in [3.05, 3.63) is 53.9 Å². The van der Waals surface area contributed by atoms with Crippen LogP contribution < -0.4 is 10.6 Å². The van der Waals surface area contributed by atoms with Gasteiger partial charge in [0.1, 0.15) is 0 Å². The normalized spacial score (nSPS) is 12.7. The number of anilines is 2. The SMILES string of the molecule is CC(Nc1ccc(NC(=O)CN(C)C)cc1)c1cc(C(C)(C)C)ccn1. The molecular formula is C21H30N4O. The second kappa shape index (κ2) is 8.32. The Kier molecular flexibility index (Phi) is 6.37. The molecule has 1 aromatic carbocycles. The zero-order chi connectivity index (χ0) is 19.3. The first-order valence-corrected chi connectivity index (χ1v) is 8.93. The van der Waals surface area contributed by atoms with Gasteiger partial charge in [-0.15, -0.1) is 0 Å². The first-order valence-electron chi connectivity index (χ1n) is 8.93. The van der Waals surface area contributed by atoms with Crippen LogP contribution in [-0.2, 0) is 10.2 Å². The van der Waals surface area contributed by atoms with Crippen LogP contribution in [0.25, 0.3) is 0 Å². The molecule has 2 aromatic rings. The van der Waals surface area contributed by atoms with Gasteiger partial charge >= 0.3 is 0 Å². The van der Waals surface area contributed by atoms with Gasteiger partial charge in [-0.2, -0.15) is 0 Å². The van der Waals surface area contributed by atoms with Gasteiger partial charge in [0.15, 0.2) is 0 Å². The molecule has 5 nitrogen and oxygen atoms in total. The molecule has 0 bridgehead atoms. The zero-order valence-electron chi connectivity index (χ0n) is 16.6. The molecule has 0 saturated carbocycles. The standard InChI is InChI=1S/C21H30N4O/c1-15(19-13-16(11-12-22-19)21(2,3)4)23-17-7-9-18(10-8-17)24-20(26)14-25(5)6/h7-13,15,23H,14H2,1-6H3,(H,24,26). The van der Waals surface area contributed by atoms with Gasteiger partial charge in [-0.3, -0.25) is 9.78 Å². The summed E-state index contributed by atoms with van der Waals surface area (Å²) < 4.78 is 0. The van der Waals surface area contributed by atoms with Crippen LogP contribution in [-0.4, -0.2) is 36.4 Å². The van der Waals surface area contributed by atoms with Gasteiger partial charge in [-0.1, -0.05) is 20.8 Å². The summed E-state index contributed by atoms with van der Waals surface area (Å²) in [4.78, 5) is 18.2. The van der Waals surface area contributed by atoms with Crippen molar-refractivity contribution in [2.75, 3.05) is 31.3 Å². The Labute approximate surface area is 156 Å². The molecule has 1 unspecified atom stereocenters. The molecular weight excluding hydrogens is 324 g/mol. The first-order chi connectivity index (χ1) is 12.1. The van der Waals surface area contributed by atoms with Crippen molar-refractivity contribution in [1.29, 1.82) is 0 Å². The molecule has 26 heavy (non-hydrogen) atoms. The van der Waals surface area contributed by atoms with Crippen LogP contribution >= 0.6 is 0 Å². The molecule has 1 aromatic heterocycles. The molecule has 0 spiro atoms. The highest BCUT2D eigenvalue weighted by atomic mass is 16.2. The largest absolute Gasteiger partial charge is 0.377 e. The number of amides is 1. The lowest BCUT2D eigenvalue weighted by Crippen LogP contribution is -2.27. The molecule has 0 aliphatic heterocycles. The Morgan fingerprint density at radius 3 is 2.31 bits per heavy atom. The zero-order valence-corrected chi connectivity index (χ0v) is 16.6. The average molecular weight is 354 g/mol. The van der Waals surface area contributed by atoms with Crippen molar-refractivity contribution in [1.82, 2.24) is 9.88 Å². The van der Waals surface area contributed by atoms with E-state index < -0.39 is 0 Å². The van der Waals surface area contributed by atoms with E-state index in [2.05, 4.69) is 55.4 Å². The summed E-state index contributed by atoms with van der Waals surface area (Å²) in [5, 5.41) is 6.35. The van der Waals surface area contributed by atoms with E-state index >= 15 is 0 Å². The number of hydrogen-bond acceptors (Lipinski definition) is 4. The molecule has 0 aliphatic rings. The van der Waals surface area contributed by atoms with Crippen molar-refractivity contribution < 1.29 is 4.79 Å². The minimum absolute atomic E-state index is 0.0210. The Bertz CT molecular complexity index is 732. The summed E-state index contributed by atoms with van der Waals surface area (Å²) in [7, 11) is 3.74. The molecule has 5 heteroatoms. The van der Waals surface area contributed by atoms with Crippen LogP contribution in [0.15, 0.2) is 42.6 Å². The molecule has 0 aliphatic carbocycles. The third-order valence-electron chi connectivity index (χ3n) is 4.10. The molecule has 140 valence electrons. The third kappa shape index (κ3) is 5.85. The molecule has 0 radical (unpaired) electrons. The number of aromatic nitrogens is 1. The lowest BCUT2D eigenvalue weighted by Gasteiger charge is -2.21.